The highest BCUT2D eigenvalue weighted by atomic mass is 35.5. The van der Waals surface area contributed by atoms with Crippen LogP contribution in [0.1, 0.15) is 43.9 Å². The first kappa shape index (κ1) is 24.3. The van der Waals surface area contributed by atoms with E-state index in [2.05, 4.69) is 10.6 Å². The van der Waals surface area contributed by atoms with Crippen LogP contribution in [0.25, 0.3) is 0 Å². The minimum Gasteiger partial charge on any atom is -0.493 e. The smallest absolute Gasteiger partial charge is 0.207 e. The van der Waals surface area contributed by atoms with Gasteiger partial charge in [0, 0.05) is 30.3 Å². The summed E-state index contributed by atoms with van der Waals surface area (Å²) in [6.45, 7) is 5.01. The van der Waals surface area contributed by atoms with Crippen molar-refractivity contribution in [1.82, 2.24) is 10.6 Å². The summed E-state index contributed by atoms with van der Waals surface area (Å²) >= 11 is 6.25. The Morgan fingerprint density at radius 3 is 2.87 bits per heavy atom. The molecular formula is C22H27Cl2FN2O3. The average Bonchev–Trinajstić information content (AvgIpc) is 2.73. The number of rotatable bonds is 9. The molecule has 0 radical (unpaired) electrons. The van der Waals surface area contributed by atoms with Gasteiger partial charge in [0.2, 0.25) is 6.41 Å². The maximum atomic E-state index is 15.3. The molecule has 2 atom stereocenters. The number of hydrogen-bond acceptors (Lipinski definition) is 4. The van der Waals surface area contributed by atoms with Crippen molar-refractivity contribution in [3.63, 3.8) is 0 Å². The van der Waals surface area contributed by atoms with Crippen LogP contribution >= 0.6 is 24.0 Å². The normalized spacial score (nSPS) is 14.5. The second kappa shape index (κ2) is 11.4. The number of carbonyl (C=O) groups is 1. The lowest BCUT2D eigenvalue weighted by Gasteiger charge is -2.24. The van der Waals surface area contributed by atoms with E-state index in [9.17, 15) is 4.79 Å². The molecule has 1 heterocycles. The third kappa shape index (κ3) is 5.78. The van der Waals surface area contributed by atoms with E-state index in [0.717, 1.165) is 24.2 Å². The molecule has 8 heteroatoms. The minimum absolute atomic E-state index is 0. The number of ether oxygens (including phenoxy) is 2. The highest BCUT2D eigenvalue weighted by Gasteiger charge is 2.22. The average molecular weight is 457 g/mol. The van der Waals surface area contributed by atoms with Crippen LogP contribution in [0.3, 0.4) is 0 Å². The Morgan fingerprint density at radius 1 is 1.33 bits per heavy atom. The number of nitrogens with one attached hydrogen (secondary N) is 2. The van der Waals surface area contributed by atoms with Crippen LogP contribution in [-0.4, -0.2) is 25.6 Å². The summed E-state index contributed by atoms with van der Waals surface area (Å²) < 4.78 is 26.9. The Hall–Kier alpha value is -2.02. The first-order chi connectivity index (χ1) is 14.0. The Morgan fingerprint density at radius 2 is 2.13 bits per heavy atom. The van der Waals surface area contributed by atoms with Gasteiger partial charge in [0.1, 0.15) is 11.5 Å². The van der Waals surface area contributed by atoms with Crippen molar-refractivity contribution >= 4 is 30.4 Å². The number of hydrogen-bond donors (Lipinski definition) is 2. The molecule has 2 aromatic rings. The Balaban J connectivity index is 0.00000320. The fourth-order valence-corrected chi connectivity index (χ4v) is 3.65. The predicted octanol–water partition coefficient (Wildman–Crippen LogP) is 5.19. The molecule has 1 aliphatic rings. The summed E-state index contributed by atoms with van der Waals surface area (Å²) in [5.74, 6) is 0.754. The number of aryl methyl sites for hydroxylation is 1. The summed E-state index contributed by atoms with van der Waals surface area (Å²) in [5, 5.41) is 6.16. The Kier molecular flexibility index (Phi) is 9.21. The molecule has 0 bridgehead atoms. The van der Waals surface area contributed by atoms with Gasteiger partial charge in [-0.15, -0.1) is 12.4 Å². The van der Waals surface area contributed by atoms with Crippen LogP contribution in [0, 0.1) is 5.82 Å². The molecule has 0 spiro atoms. The van der Waals surface area contributed by atoms with Crippen molar-refractivity contribution in [2.24, 2.45) is 0 Å². The first-order valence-electron chi connectivity index (χ1n) is 9.88. The number of fused-ring (bicyclic) bond motifs is 1. The molecule has 30 heavy (non-hydrogen) atoms. The largest absolute Gasteiger partial charge is 0.493 e. The molecule has 0 fully saturated rings. The SMILES string of the molecule is CC[C@@H](N[C@@H](C)CNC=O)c1ccc(Cl)c(Oc2ccc3c(c2)OCCC3)c1F.Cl. The first-order valence-corrected chi connectivity index (χ1v) is 10.3. The van der Waals surface area contributed by atoms with Gasteiger partial charge in [-0.05, 0) is 43.9 Å². The Labute approximate surface area is 187 Å². The molecular weight excluding hydrogens is 430 g/mol. The minimum atomic E-state index is -0.494. The van der Waals surface area contributed by atoms with E-state index in [1.165, 1.54) is 0 Å². The van der Waals surface area contributed by atoms with Gasteiger partial charge in [0.25, 0.3) is 0 Å². The summed E-state index contributed by atoms with van der Waals surface area (Å²) in [5.41, 5.74) is 1.59. The maximum Gasteiger partial charge on any atom is 0.207 e. The van der Waals surface area contributed by atoms with E-state index in [1.807, 2.05) is 19.9 Å². The van der Waals surface area contributed by atoms with Crippen LogP contribution in [0.4, 0.5) is 4.39 Å². The molecule has 0 saturated heterocycles. The van der Waals surface area contributed by atoms with Crippen LogP contribution in [0.15, 0.2) is 30.3 Å². The van der Waals surface area contributed by atoms with Gasteiger partial charge in [-0.25, -0.2) is 4.39 Å². The highest BCUT2D eigenvalue weighted by Crippen LogP contribution is 2.38. The van der Waals surface area contributed by atoms with Crippen molar-refractivity contribution in [2.75, 3.05) is 13.2 Å². The molecule has 0 aliphatic carbocycles. The number of halogens is 3. The van der Waals surface area contributed by atoms with Crippen molar-refractivity contribution in [3.05, 3.63) is 52.3 Å². The second-order valence-corrected chi connectivity index (χ2v) is 7.57. The summed E-state index contributed by atoms with van der Waals surface area (Å²) in [6, 6.07) is 8.56. The van der Waals surface area contributed by atoms with Gasteiger partial charge >= 0.3 is 0 Å². The number of benzene rings is 2. The quantitative estimate of drug-likeness (QED) is 0.509. The van der Waals surface area contributed by atoms with Gasteiger partial charge in [0.15, 0.2) is 11.6 Å². The lowest BCUT2D eigenvalue weighted by molar-refractivity contribution is -0.109. The summed E-state index contributed by atoms with van der Waals surface area (Å²) in [4.78, 5) is 10.5. The molecule has 1 aliphatic heterocycles. The Bertz CT molecular complexity index is 867. The van der Waals surface area contributed by atoms with Gasteiger partial charge in [0.05, 0.1) is 11.6 Å². The highest BCUT2D eigenvalue weighted by molar-refractivity contribution is 6.32. The second-order valence-electron chi connectivity index (χ2n) is 7.16. The van der Waals surface area contributed by atoms with E-state index >= 15 is 4.39 Å². The zero-order valence-corrected chi connectivity index (χ0v) is 18.6. The molecule has 1 amide bonds. The third-order valence-corrected chi connectivity index (χ3v) is 5.26. The van der Waals surface area contributed by atoms with Crippen LogP contribution in [0.2, 0.25) is 5.02 Å². The molecule has 0 saturated carbocycles. The van der Waals surface area contributed by atoms with Gasteiger partial charge in [-0.3, -0.25) is 4.79 Å². The maximum absolute atomic E-state index is 15.3. The molecule has 2 N–H and O–H groups in total. The van der Waals surface area contributed by atoms with Crippen molar-refractivity contribution < 1.29 is 18.7 Å². The lowest BCUT2D eigenvalue weighted by Crippen LogP contribution is -2.38. The monoisotopic (exact) mass is 456 g/mol. The van der Waals surface area contributed by atoms with Crippen LogP contribution in [0.5, 0.6) is 17.2 Å². The van der Waals surface area contributed by atoms with Crippen LogP contribution in [-0.2, 0) is 11.2 Å². The third-order valence-electron chi connectivity index (χ3n) is 4.96. The standard InChI is InChI=1S/C22H26ClFN2O3.ClH/c1-3-19(26-14(2)12-25-13-27)17-8-9-18(23)22(21(17)24)29-16-7-6-15-5-4-10-28-20(15)11-16;/h6-9,11,13-14,19,26H,3-5,10,12H2,1-2H3,(H,25,27);1H/t14-,19+;/m0./s1. The van der Waals surface area contributed by atoms with E-state index in [-0.39, 0.29) is 35.3 Å². The van der Waals surface area contributed by atoms with E-state index in [4.69, 9.17) is 21.1 Å². The van der Waals surface area contributed by atoms with Crippen LogP contribution < -0.4 is 20.1 Å². The number of amides is 1. The van der Waals surface area contributed by atoms with Crippen molar-refractivity contribution in [2.45, 2.75) is 45.2 Å². The molecule has 0 unspecified atom stereocenters. The summed E-state index contributed by atoms with van der Waals surface area (Å²) in [7, 11) is 0. The lowest BCUT2D eigenvalue weighted by atomic mass is 10.0. The fourth-order valence-electron chi connectivity index (χ4n) is 3.47. The van der Waals surface area contributed by atoms with Gasteiger partial charge < -0.3 is 20.1 Å². The molecule has 3 rings (SSSR count). The summed E-state index contributed by atoms with van der Waals surface area (Å²) in [6.07, 6.45) is 3.26. The molecule has 5 nitrogen and oxygen atoms in total. The molecule has 0 aromatic heterocycles. The number of carbonyl (C=O) groups excluding carboxylic acids is 1. The van der Waals surface area contributed by atoms with Gasteiger partial charge in [-0.2, -0.15) is 0 Å². The van der Waals surface area contributed by atoms with Gasteiger partial charge in [-0.1, -0.05) is 30.7 Å². The van der Waals surface area contributed by atoms with Crippen molar-refractivity contribution in [3.8, 4) is 17.2 Å². The van der Waals surface area contributed by atoms with E-state index in [0.29, 0.717) is 37.3 Å². The van der Waals surface area contributed by atoms with E-state index in [1.54, 1.807) is 24.3 Å². The van der Waals surface area contributed by atoms with Crippen molar-refractivity contribution in [1.29, 1.82) is 0 Å². The zero-order chi connectivity index (χ0) is 20.8. The topological polar surface area (TPSA) is 59.6 Å². The van der Waals surface area contributed by atoms with E-state index < -0.39 is 5.82 Å². The molecule has 2 aromatic carbocycles. The fraction of sp³-hybridized carbons (Fsp3) is 0.409. The zero-order valence-electron chi connectivity index (χ0n) is 17.0. The molecule has 164 valence electrons. The predicted molar refractivity (Wildman–Crippen MR) is 119 cm³/mol.